The van der Waals surface area contributed by atoms with Gasteiger partial charge in [0, 0.05) is 12.1 Å². The van der Waals surface area contributed by atoms with Gasteiger partial charge in [-0.25, -0.2) is 9.78 Å². The Morgan fingerprint density at radius 3 is 2.70 bits per heavy atom. The first kappa shape index (κ1) is 14.1. The molecule has 0 unspecified atom stereocenters. The van der Waals surface area contributed by atoms with Crippen LogP contribution in [-0.4, -0.2) is 22.6 Å². The number of hydrogen-bond donors (Lipinski definition) is 1. The van der Waals surface area contributed by atoms with E-state index in [0.29, 0.717) is 12.2 Å². The molecule has 0 saturated heterocycles. The maximum absolute atomic E-state index is 11.7. The van der Waals surface area contributed by atoms with Crippen LogP contribution in [0.1, 0.15) is 35.7 Å². The van der Waals surface area contributed by atoms with Gasteiger partial charge < -0.3 is 10.5 Å². The molecule has 2 N–H and O–H groups in total. The van der Waals surface area contributed by atoms with Crippen molar-refractivity contribution in [3.63, 3.8) is 0 Å². The molecule has 20 heavy (non-hydrogen) atoms. The summed E-state index contributed by atoms with van der Waals surface area (Å²) in [6.45, 7) is 4.07. The average Bonchev–Trinajstić information content (AvgIpc) is 2.83. The fourth-order valence-corrected chi connectivity index (χ4v) is 2.17. The van der Waals surface area contributed by atoms with Crippen LogP contribution >= 0.6 is 0 Å². The fourth-order valence-electron chi connectivity index (χ4n) is 2.17. The molecule has 0 aliphatic heterocycles. The molecule has 0 radical (unpaired) electrons. The molecule has 0 atom stereocenters. The molecule has 5 heteroatoms. The number of hydrogen-bond acceptors (Lipinski definition) is 4. The lowest BCUT2D eigenvalue weighted by Gasteiger charge is -2.10. The third kappa shape index (κ3) is 2.39. The highest BCUT2D eigenvalue weighted by Gasteiger charge is 2.21. The highest BCUT2D eigenvalue weighted by molar-refractivity contribution is 5.92. The molecule has 0 spiro atoms. The van der Waals surface area contributed by atoms with E-state index in [2.05, 4.69) is 24.0 Å². The van der Waals surface area contributed by atoms with Crippen molar-refractivity contribution in [2.24, 2.45) is 0 Å². The van der Waals surface area contributed by atoms with Gasteiger partial charge in [0.2, 0.25) is 0 Å². The molecule has 0 aliphatic rings. The van der Waals surface area contributed by atoms with Crippen molar-refractivity contribution in [2.45, 2.75) is 26.7 Å². The van der Waals surface area contributed by atoms with E-state index in [1.165, 1.54) is 12.7 Å². The van der Waals surface area contributed by atoms with Gasteiger partial charge in [0.25, 0.3) is 0 Å². The number of carbonyl (C=O) groups excluding carboxylic acids is 1. The van der Waals surface area contributed by atoms with Crippen molar-refractivity contribution >= 4 is 11.8 Å². The van der Waals surface area contributed by atoms with Crippen molar-refractivity contribution in [1.29, 1.82) is 0 Å². The smallest absolute Gasteiger partial charge is 0.360 e. The van der Waals surface area contributed by atoms with Gasteiger partial charge in [-0.15, -0.1) is 0 Å². The summed E-state index contributed by atoms with van der Waals surface area (Å²) in [6, 6.07) is 8.05. The Morgan fingerprint density at radius 2 is 2.10 bits per heavy atom. The lowest BCUT2D eigenvalue weighted by atomic mass is 10.1. The van der Waals surface area contributed by atoms with Crippen molar-refractivity contribution in [3.05, 3.63) is 41.3 Å². The summed E-state index contributed by atoms with van der Waals surface area (Å²) in [5.74, 6) is 0.556. The highest BCUT2D eigenvalue weighted by atomic mass is 16.5. The highest BCUT2D eigenvalue weighted by Crippen LogP contribution is 2.22. The normalized spacial score (nSPS) is 10.6. The second-order valence-corrected chi connectivity index (χ2v) is 4.47. The predicted molar refractivity (Wildman–Crippen MR) is 78.1 cm³/mol. The number of nitrogen functional groups attached to an aromatic ring is 1. The summed E-state index contributed by atoms with van der Waals surface area (Å²) >= 11 is 0. The number of ether oxygens (including phenoxy) is 1. The lowest BCUT2D eigenvalue weighted by Crippen LogP contribution is -2.08. The van der Waals surface area contributed by atoms with Gasteiger partial charge in [-0.2, -0.15) is 0 Å². The lowest BCUT2D eigenvalue weighted by molar-refractivity contribution is 0.0596. The van der Waals surface area contributed by atoms with Crippen LogP contribution in [0.5, 0.6) is 0 Å². The molecular weight excluding hydrogens is 254 g/mol. The van der Waals surface area contributed by atoms with Crippen LogP contribution in [0, 0.1) is 0 Å². The van der Waals surface area contributed by atoms with Crippen molar-refractivity contribution < 1.29 is 9.53 Å². The minimum Gasteiger partial charge on any atom is -0.464 e. The van der Waals surface area contributed by atoms with E-state index in [1.54, 1.807) is 0 Å². The predicted octanol–water partition coefficient (Wildman–Crippen LogP) is 2.37. The number of aryl methyl sites for hydroxylation is 2. The molecule has 1 heterocycles. The van der Waals surface area contributed by atoms with Crippen LogP contribution in [0.4, 0.5) is 5.82 Å². The summed E-state index contributed by atoms with van der Waals surface area (Å²) in [5.41, 5.74) is 8.38. The van der Waals surface area contributed by atoms with Crippen LogP contribution in [0.3, 0.4) is 0 Å². The number of esters is 1. The van der Waals surface area contributed by atoms with Crippen molar-refractivity contribution in [2.75, 3.05) is 12.8 Å². The van der Waals surface area contributed by atoms with Gasteiger partial charge in [-0.1, -0.05) is 26.0 Å². The number of imidazole rings is 1. The largest absolute Gasteiger partial charge is 0.464 e. The number of rotatable bonds is 4. The Morgan fingerprint density at radius 1 is 1.35 bits per heavy atom. The molecular formula is C15H19N3O2. The van der Waals surface area contributed by atoms with Crippen LogP contribution in [0.15, 0.2) is 24.3 Å². The summed E-state index contributed by atoms with van der Waals surface area (Å²) in [5, 5.41) is 0. The summed E-state index contributed by atoms with van der Waals surface area (Å²) in [4.78, 5) is 16.0. The molecule has 0 bridgehead atoms. The Bertz CT molecular complexity index is 632. The molecule has 0 fully saturated rings. The second kappa shape index (κ2) is 5.77. The third-order valence-corrected chi connectivity index (χ3v) is 3.25. The number of benzene rings is 1. The third-order valence-electron chi connectivity index (χ3n) is 3.25. The van der Waals surface area contributed by atoms with E-state index in [0.717, 1.165) is 17.9 Å². The van der Waals surface area contributed by atoms with Crippen molar-refractivity contribution in [3.8, 4) is 5.69 Å². The van der Waals surface area contributed by atoms with Crippen LogP contribution in [-0.2, 0) is 17.6 Å². The average molecular weight is 273 g/mol. The Labute approximate surface area is 118 Å². The molecule has 1 aromatic heterocycles. The van der Waals surface area contributed by atoms with Gasteiger partial charge in [-0.3, -0.25) is 4.57 Å². The van der Waals surface area contributed by atoms with Crippen molar-refractivity contribution in [1.82, 2.24) is 9.55 Å². The molecule has 106 valence electrons. The van der Waals surface area contributed by atoms with E-state index in [4.69, 9.17) is 10.5 Å². The van der Waals surface area contributed by atoms with Crippen LogP contribution < -0.4 is 5.73 Å². The number of anilines is 1. The maximum Gasteiger partial charge on any atom is 0.360 e. The van der Waals surface area contributed by atoms with Gasteiger partial charge in [0.1, 0.15) is 11.6 Å². The molecule has 0 amide bonds. The summed E-state index contributed by atoms with van der Waals surface area (Å²) < 4.78 is 6.53. The van der Waals surface area contributed by atoms with Crippen LogP contribution in [0.25, 0.3) is 5.69 Å². The molecule has 0 aliphatic carbocycles. The summed E-state index contributed by atoms with van der Waals surface area (Å²) in [7, 11) is 1.32. The number of nitrogens with zero attached hydrogens (tertiary/aromatic N) is 2. The van der Waals surface area contributed by atoms with Gasteiger partial charge >= 0.3 is 5.97 Å². The number of carbonyl (C=O) groups is 1. The van der Waals surface area contributed by atoms with E-state index in [9.17, 15) is 4.79 Å². The molecule has 5 nitrogen and oxygen atoms in total. The molecule has 2 rings (SSSR count). The van der Waals surface area contributed by atoms with Gasteiger partial charge in [-0.05, 0) is 24.1 Å². The van der Waals surface area contributed by atoms with E-state index >= 15 is 0 Å². The molecule has 1 aromatic carbocycles. The topological polar surface area (TPSA) is 70.1 Å². The Balaban J connectivity index is 2.60. The number of nitrogens with two attached hydrogens (primary N) is 1. The standard InChI is InChI=1S/C15H19N3O2/c1-4-10-7-6-8-11(9-10)18-12(5-2)17-13(14(18)16)15(19)20-3/h6-9H,4-5,16H2,1-3H3. The zero-order chi connectivity index (χ0) is 14.7. The van der Waals surface area contributed by atoms with E-state index < -0.39 is 5.97 Å². The first-order chi connectivity index (χ1) is 9.62. The number of methoxy groups -OCH3 is 1. The molecule has 0 saturated carbocycles. The summed E-state index contributed by atoms with van der Waals surface area (Å²) in [6.07, 6.45) is 1.62. The van der Waals surface area contributed by atoms with E-state index in [-0.39, 0.29) is 5.69 Å². The van der Waals surface area contributed by atoms with Gasteiger partial charge in [0.15, 0.2) is 5.69 Å². The minimum atomic E-state index is -0.511. The van der Waals surface area contributed by atoms with Gasteiger partial charge in [0.05, 0.1) is 7.11 Å². The van der Waals surface area contributed by atoms with E-state index in [1.807, 2.05) is 23.6 Å². The Hall–Kier alpha value is -2.30. The number of aromatic nitrogens is 2. The van der Waals surface area contributed by atoms with Crippen LogP contribution in [0.2, 0.25) is 0 Å². The first-order valence-corrected chi connectivity index (χ1v) is 6.67. The Kier molecular flexibility index (Phi) is 4.08. The molecule has 2 aromatic rings. The quantitative estimate of drug-likeness (QED) is 0.868. The first-order valence-electron chi connectivity index (χ1n) is 6.67. The monoisotopic (exact) mass is 273 g/mol. The fraction of sp³-hybridized carbons (Fsp3) is 0.333. The second-order valence-electron chi connectivity index (χ2n) is 4.47. The SMILES string of the molecule is CCc1cccc(-n2c(CC)nc(C(=O)OC)c2N)c1. The minimum absolute atomic E-state index is 0.172. The zero-order valence-electron chi connectivity index (χ0n) is 12.0. The maximum atomic E-state index is 11.7. The zero-order valence-corrected chi connectivity index (χ0v) is 12.0.